The molecular weight excluding hydrogens is 409 g/mol. The highest BCUT2D eigenvalue weighted by molar-refractivity contribution is 5.85. The number of ether oxygens (including phenoxy) is 1. The molecule has 0 aliphatic rings. The van der Waals surface area contributed by atoms with Crippen LogP contribution in [0, 0.1) is 5.82 Å². The molecular formula is C20H18F5N3O2. The van der Waals surface area contributed by atoms with Crippen molar-refractivity contribution in [2.45, 2.75) is 38.8 Å². The molecule has 0 unspecified atom stereocenters. The maximum atomic E-state index is 14.6. The van der Waals surface area contributed by atoms with Crippen molar-refractivity contribution in [3.05, 3.63) is 58.5 Å². The van der Waals surface area contributed by atoms with Gasteiger partial charge in [0.05, 0.1) is 23.1 Å². The van der Waals surface area contributed by atoms with E-state index in [4.69, 9.17) is 0 Å². The molecule has 0 amide bonds. The Bertz CT molecular complexity index is 1050. The molecule has 0 spiro atoms. The third-order valence-electron chi connectivity index (χ3n) is 4.52. The predicted molar refractivity (Wildman–Crippen MR) is 100.0 cm³/mol. The zero-order valence-electron chi connectivity index (χ0n) is 15.7. The highest BCUT2D eigenvalue weighted by Gasteiger charge is 2.14. The number of aryl methyl sites for hydroxylation is 1. The summed E-state index contributed by atoms with van der Waals surface area (Å²) in [6.45, 7) is -2.50. The quantitative estimate of drug-likeness (QED) is 0.358. The number of halogens is 5. The molecule has 1 aromatic carbocycles. The van der Waals surface area contributed by atoms with Crippen molar-refractivity contribution in [1.29, 1.82) is 0 Å². The van der Waals surface area contributed by atoms with Gasteiger partial charge in [-0.05, 0) is 42.8 Å². The number of alkyl halides is 4. The minimum Gasteiger partial charge on any atom is -0.323 e. The van der Waals surface area contributed by atoms with Crippen molar-refractivity contribution in [3.8, 4) is 11.4 Å². The second-order valence-corrected chi connectivity index (χ2v) is 6.57. The Morgan fingerprint density at radius 2 is 1.77 bits per heavy atom. The molecule has 160 valence electrons. The van der Waals surface area contributed by atoms with Crippen molar-refractivity contribution in [2.75, 3.05) is 6.61 Å². The van der Waals surface area contributed by atoms with Gasteiger partial charge in [0.15, 0.2) is 5.82 Å². The van der Waals surface area contributed by atoms with Crippen LogP contribution < -0.4 is 5.56 Å². The molecule has 0 saturated carbocycles. The zero-order valence-corrected chi connectivity index (χ0v) is 15.7. The molecule has 3 rings (SSSR count). The number of pyridine rings is 1. The molecule has 2 heterocycles. The average molecular weight is 427 g/mol. The van der Waals surface area contributed by atoms with Crippen molar-refractivity contribution in [3.63, 3.8) is 0 Å². The number of benzene rings is 1. The lowest BCUT2D eigenvalue weighted by atomic mass is 10.1. The van der Waals surface area contributed by atoms with E-state index in [0.29, 0.717) is 31.2 Å². The number of hydrogen-bond acceptors (Lipinski definition) is 4. The van der Waals surface area contributed by atoms with Gasteiger partial charge in [-0.1, -0.05) is 0 Å². The summed E-state index contributed by atoms with van der Waals surface area (Å²) in [5.41, 5.74) is -0.765. The summed E-state index contributed by atoms with van der Waals surface area (Å²) in [4.78, 5) is 20.2. The minimum atomic E-state index is -2.79. The van der Waals surface area contributed by atoms with Crippen LogP contribution in [0.2, 0.25) is 0 Å². The number of aromatic nitrogens is 3. The monoisotopic (exact) mass is 427 g/mol. The number of unbranched alkanes of at least 4 members (excludes halogenated alkanes) is 2. The molecule has 0 fully saturated rings. The van der Waals surface area contributed by atoms with E-state index in [1.807, 2.05) is 0 Å². The molecule has 0 N–H and O–H groups in total. The smallest absolute Gasteiger partial charge is 0.323 e. The molecule has 0 bridgehead atoms. The van der Waals surface area contributed by atoms with Gasteiger partial charge in [0.1, 0.15) is 5.82 Å². The Hall–Kier alpha value is -2.88. The Kier molecular flexibility index (Phi) is 7.09. The Morgan fingerprint density at radius 1 is 1.03 bits per heavy atom. The van der Waals surface area contributed by atoms with Crippen molar-refractivity contribution in [2.24, 2.45) is 0 Å². The Balaban J connectivity index is 1.76. The highest BCUT2D eigenvalue weighted by Crippen LogP contribution is 2.25. The lowest BCUT2D eigenvalue weighted by molar-refractivity contribution is -0.129. The first kappa shape index (κ1) is 21.8. The van der Waals surface area contributed by atoms with Gasteiger partial charge in [-0.15, -0.1) is 0 Å². The predicted octanol–water partition coefficient (Wildman–Crippen LogP) is 4.94. The molecule has 30 heavy (non-hydrogen) atoms. The van der Waals surface area contributed by atoms with Crippen molar-refractivity contribution >= 4 is 10.8 Å². The number of hydrogen-bond donors (Lipinski definition) is 0. The van der Waals surface area contributed by atoms with Gasteiger partial charge in [-0.25, -0.2) is 23.1 Å². The van der Waals surface area contributed by atoms with E-state index in [2.05, 4.69) is 14.7 Å². The summed E-state index contributed by atoms with van der Waals surface area (Å²) >= 11 is 0. The standard InChI is InChI=1S/C20H18F5N3O2/c21-16-9-14-12(8-15(16)18-26-10-13(11-27-18)17(22)23)4-6-28(19(14)29)5-2-1-3-7-30-20(24)25/h4,6,8-11,17,20H,1-3,5,7H2. The molecule has 0 saturated heterocycles. The summed E-state index contributed by atoms with van der Waals surface area (Å²) in [5, 5.41) is 0.614. The first-order valence-corrected chi connectivity index (χ1v) is 9.19. The number of fused-ring (bicyclic) bond motifs is 1. The van der Waals surface area contributed by atoms with Crippen LogP contribution in [0.15, 0.2) is 41.6 Å². The second kappa shape index (κ2) is 9.75. The molecule has 0 atom stereocenters. The van der Waals surface area contributed by atoms with Crippen LogP contribution in [0.5, 0.6) is 0 Å². The van der Waals surface area contributed by atoms with Crippen LogP contribution in [0.4, 0.5) is 22.0 Å². The first-order chi connectivity index (χ1) is 14.4. The highest BCUT2D eigenvalue weighted by atomic mass is 19.3. The normalized spacial score (nSPS) is 11.7. The van der Waals surface area contributed by atoms with E-state index in [1.165, 1.54) is 10.6 Å². The molecule has 5 nitrogen and oxygen atoms in total. The summed E-state index contributed by atoms with van der Waals surface area (Å²) in [7, 11) is 0. The summed E-state index contributed by atoms with van der Waals surface area (Å²) in [5.74, 6) is -0.805. The molecule has 2 aromatic heterocycles. The average Bonchev–Trinajstić information content (AvgIpc) is 2.72. The third-order valence-corrected chi connectivity index (χ3v) is 4.52. The zero-order chi connectivity index (χ0) is 21.7. The van der Waals surface area contributed by atoms with Gasteiger partial charge in [0.2, 0.25) is 0 Å². The fraction of sp³-hybridized carbons (Fsp3) is 0.350. The van der Waals surface area contributed by atoms with E-state index in [1.54, 1.807) is 12.3 Å². The molecule has 0 aliphatic carbocycles. The van der Waals surface area contributed by atoms with E-state index < -0.39 is 24.4 Å². The van der Waals surface area contributed by atoms with Crippen LogP contribution in [0.25, 0.3) is 22.2 Å². The maximum absolute atomic E-state index is 14.6. The maximum Gasteiger partial charge on any atom is 0.345 e. The Labute approximate surface area is 168 Å². The van der Waals surface area contributed by atoms with Crippen molar-refractivity contribution < 1.29 is 26.7 Å². The fourth-order valence-electron chi connectivity index (χ4n) is 2.98. The summed E-state index contributed by atoms with van der Waals surface area (Å²) in [6, 6.07) is 4.10. The van der Waals surface area contributed by atoms with Gasteiger partial charge in [0, 0.05) is 25.1 Å². The molecule has 10 heteroatoms. The summed E-state index contributed by atoms with van der Waals surface area (Å²) < 4.78 is 69.2. The Morgan fingerprint density at radius 3 is 2.43 bits per heavy atom. The third kappa shape index (κ3) is 5.18. The topological polar surface area (TPSA) is 57.0 Å². The first-order valence-electron chi connectivity index (χ1n) is 9.19. The second-order valence-electron chi connectivity index (χ2n) is 6.57. The largest absolute Gasteiger partial charge is 0.345 e. The molecule has 0 radical (unpaired) electrons. The number of rotatable bonds is 9. The van der Waals surface area contributed by atoms with E-state index in [-0.39, 0.29) is 28.9 Å². The van der Waals surface area contributed by atoms with Gasteiger partial charge >= 0.3 is 6.61 Å². The van der Waals surface area contributed by atoms with Gasteiger partial charge in [-0.3, -0.25) is 4.79 Å². The van der Waals surface area contributed by atoms with E-state index in [0.717, 1.165) is 18.5 Å². The van der Waals surface area contributed by atoms with Gasteiger partial charge in [-0.2, -0.15) is 8.78 Å². The summed E-state index contributed by atoms with van der Waals surface area (Å²) in [6.07, 6.45) is 2.30. The molecule has 3 aromatic rings. The lowest BCUT2D eigenvalue weighted by Gasteiger charge is -2.09. The van der Waals surface area contributed by atoms with Gasteiger partial charge < -0.3 is 9.30 Å². The van der Waals surface area contributed by atoms with Crippen LogP contribution in [0.1, 0.15) is 31.3 Å². The van der Waals surface area contributed by atoms with Crippen LogP contribution in [-0.2, 0) is 11.3 Å². The van der Waals surface area contributed by atoms with E-state index >= 15 is 0 Å². The van der Waals surface area contributed by atoms with Crippen molar-refractivity contribution in [1.82, 2.24) is 14.5 Å². The fourth-order valence-corrected chi connectivity index (χ4v) is 2.98. The minimum absolute atomic E-state index is 0.000466. The lowest BCUT2D eigenvalue weighted by Crippen LogP contribution is -2.19. The van der Waals surface area contributed by atoms with Gasteiger partial charge in [0.25, 0.3) is 12.0 Å². The van der Waals surface area contributed by atoms with E-state index in [9.17, 15) is 26.7 Å². The van der Waals surface area contributed by atoms with Crippen LogP contribution in [0.3, 0.4) is 0 Å². The number of nitrogens with zero attached hydrogens (tertiary/aromatic N) is 3. The SMILES string of the molecule is O=c1c2cc(F)c(-c3ncc(C(F)F)cn3)cc2ccn1CCCCCOC(F)F. The molecule has 0 aliphatic heterocycles. The van der Waals surface area contributed by atoms with Crippen LogP contribution >= 0.6 is 0 Å². The van der Waals surface area contributed by atoms with Crippen LogP contribution in [-0.4, -0.2) is 27.8 Å².